The Hall–Kier alpha value is -0.720. The molecular formula is C7H8ClFN2O2S. The molecule has 14 heavy (non-hydrogen) atoms. The third-order valence-corrected chi connectivity index (χ3v) is 2.99. The van der Waals surface area contributed by atoms with Gasteiger partial charge in [-0.1, -0.05) is 0 Å². The van der Waals surface area contributed by atoms with Crippen LogP contribution in [-0.4, -0.2) is 25.8 Å². The lowest BCUT2D eigenvalue weighted by atomic mass is 10.5. The minimum Gasteiger partial charge on any atom is -0.260 e. The number of alkyl halides is 1. The number of nitrogens with one attached hydrogen (secondary N) is 1. The number of aromatic nitrogens is 1. The van der Waals surface area contributed by atoms with E-state index in [2.05, 4.69) is 9.71 Å². The first-order valence-electron chi connectivity index (χ1n) is 3.72. The highest BCUT2D eigenvalue weighted by Gasteiger charge is 2.13. The molecule has 78 valence electrons. The van der Waals surface area contributed by atoms with Crippen LogP contribution < -0.4 is 4.72 Å². The van der Waals surface area contributed by atoms with Crippen LogP contribution in [0.4, 0.5) is 4.39 Å². The number of rotatable bonds is 4. The largest absolute Gasteiger partial charge is 0.260 e. The Morgan fingerprint density at radius 3 is 2.79 bits per heavy atom. The Morgan fingerprint density at radius 2 is 2.21 bits per heavy atom. The Labute approximate surface area is 86.2 Å². The summed E-state index contributed by atoms with van der Waals surface area (Å²) >= 11 is 5.31. The molecule has 0 amide bonds. The molecular weight excluding hydrogens is 231 g/mol. The van der Waals surface area contributed by atoms with Gasteiger partial charge in [-0.25, -0.2) is 17.5 Å². The van der Waals surface area contributed by atoms with E-state index in [-0.39, 0.29) is 17.3 Å². The van der Waals surface area contributed by atoms with E-state index in [4.69, 9.17) is 11.6 Å². The zero-order valence-electron chi connectivity index (χ0n) is 7.07. The van der Waals surface area contributed by atoms with E-state index in [0.717, 1.165) is 18.5 Å². The number of halogens is 2. The first-order valence-corrected chi connectivity index (χ1v) is 5.74. The van der Waals surface area contributed by atoms with Crippen molar-refractivity contribution >= 4 is 21.6 Å². The maximum absolute atomic E-state index is 12.6. The maximum atomic E-state index is 12.6. The summed E-state index contributed by atoms with van der Waals surface area (Å²) in [5, 5.41) is 0. The third kappa shape index (κ3) is 2.90. The van der Waals surface area contributed by atoms with E-state index in [0.29, 0.717) is 0 Å². The lowest BCUT2D eigenvalue weighted by Gasteiger charge is -2.03. The highest BCUT2D eigenvalue weighted by atomic mass is 35.5. The molecule has 1 aromatic rings. The third-order valence-electron chi connectivity index (χ3n) is 1.38. The van der Waals surface area contributed by atoms with Crippen LogP contribution in [0.5, 0.6) is 0 Å². The van der Waals surface area contributed by atoms with Crippen molar-refractivity contribution in [3.8, 4) is 0 Å². The predicted octanol–water partition coefficient (Wildman–Crippen LogP) is 0.738. The van der Waals surface area contributed by atoms with Crippen molar-refractivity contribution in [2.45, 2.75) is 4.90 Å². The van der Waals surface area contributed by atoms with Gasteiger partial charge in [0, 0.05) is 18.6 Å². The van der Waals surface area contributed by atoms with Crippen LogP contribution in [0.3, 0.4) is 0 Å². The van der Waals surface area contributed by atoms with Gasteiger partial charge in [-0.15, -0.1) is 11.6 Å². The normalized spacial score (nSPS) is 11.6. The van der Waals surface area contributed by atoms with Gasteiger partial charge in [0.25, 0.3) is 0 Å². The molecule has 0 atom stereocenters. The molecule has 0 aliphatic heterocycles. The van der Waals surface area contributed by atoms with Crippen molar-refractivity contribution in [3.05, 3.63) is 24.3 Å². The van der Waals surface area contributed by atoms with Gasteiger partial charge < -0.3 is 0 Å². The van der Waals surface area contributed by atoms with E-state index in [1.54, 1.807) is 0 Å². The van der Waals surface area contributed by atoms with E-state index in [1.165, 1.54) is 0 Å². The minimum atomic E-state index is -3.68. The highest BCUT2D eigenvalue weighted by molar-refractivity contribution is 7.89. The van der Waals surface area contributed by atoms with Gasteiger partial charge >= 0.3 is 0 Å². The molecule has 0 radical (unpaired) electrons. The van der Waals surface area contributed by atoms with Crippen LogP contribution in [0.2, 0.25) is 0 Å². The zero-order valence-corrected chi connectivity index (χ0v) is 8.65. The monoisotopic (exact) mass is 238 g/mol. The quantitative estimate of drug-likeness (QED) is 0.787. The predicted molar refractivity (Wildman–Crippen MR) is 50.1 cm³/mol. The van der Waals surface area contributed by atoms with Crippen molar-refractivity contribution in [3.63, 3.8) is 0 Å². The summed E-state index contributed by atoms with van der Waals surface area (Å²) in [5.41, 5.74) is 0. The van der Waals surface area contributed by atoms with E-state index in [9.17, 15) is 12.8 Å². The van der Waals surface area contributed by atoms with Crippen molar-refractivity contribution in [2.75, 3.05) is 12.4 Å². The molecule has 0 spiro atoms. The van der Waals surface area contributed by atoms with Crippen molar-refractivity contribution in [2.24, 2.45) is 0 Å². The van der Waals surface area contributed by atoms with Crippen LogP contribution >= 0.6 is 11.6 Å². The topological polar surface area (TPSA) is 59.1 Å². The van der Waals surface area contributed by atoms with Gasteiger partial charge in [-0.2, -0.15) is 0 Å². The minimum absolute atomic E-state index is 0.0976. The molecule has 0 aliphatic rings. The lowest BCUT2D eigenvalue weighted by Crippen LogP contribution is -2.25. The molecule has 1 heterocycles. The summed E-state index contributed by atoms with van der Waals surface area (Å²) < 4.78 is 37.6. The molecule has 0 saturated heterocycles. The SMILES string of the molecule is O=S(=O)(NCCCl)c1cncc(F)c1. The number of pyridine rings is 1. The number of hydrogen-bond acceptors (Lipinski definition) is 3. The average molecular weight is 239 g/mol. The van der Waals surface area contributed by atoms with Crippen molar-refractivity contribution < 1.29 is 12.8 Å². The summed E-state index contributed by atoms with van der Waals surface area (Å²) in [5.74, 6) is -0.541. The van der Waals surface area contributed by atoms with Crippen LogP contribution in [0.25, 0.3) is 0 Å². The van der Waals surface area contributed by atoms with Gasteiger partial charge in [0.05, 0.1) is 6.20 Å². The summed E-state index contributed by atoms with van der Waals surface area (Å²) in [4.78, 5) is 3.23. The summed E-state index contributed by atoms with van der Waals surface area (Å²) in [6, 6.07) is 0.892. The van der Waals surface area contributed by atoms with Crippen LogP contribution in [0.1, 0.15) is 0 Å². The molecule has 1 rings (SSSR count). The molecule has 1 N–H and O–H groups in total. The Kier molecular flexibility index (Phi) is 3.79. The zero-order chi connectivity index (χ0) is 10.6. The molecule has 0 fully saturated rings. The Bertz CT molecular complexity index is 410. The maximum Gasteiger partial charge on any atom is 0.242 e. The lowest BCUT2D eigenvalue weighted by molar-refractivity contribution is 0.578. The average Bonchev–Trinajstić information content (AvgIpc) is 2.15. The van der Waals surface area contributed by atoms with Crippen molar-refractivity contribution in [1.82, 2.24) is 9.71 Å². The fourth-order valence-electron chi connectivity index (χ4n) is 0.796. The van der Waals surface area contributed by atoms with Crippen molar-refractivity contribution in [1.29, 1.82) is 0 Å². The van der Waals surface area contributed by atoms with E-state index in [1.807, 2.05) is 0 Å². The second kappa shape index (κ2) is 4.68. The second-order valence-corrected chi connectivity index (χ2v) is 4.57. The first kappa shape index (κ1) is 11.4. The van der Waals surface area contributed by atoms with Gasteiger partial charge in [0.2, 0.25) is 10.0 Å². The molecule has 0 aromatic carbocycles. The van der Waals surface area contributed by atoms with E-state index >= 15 is 0 Å². The number of sulfonamides is 1. The Morgan fingerprint density at radius 1 is 1.50 bits per heavy atom. The second-order valence-electron chi connectivity index (χ2n) is 2.43. The molecule has 0 saturated carbocycles. The molecule has 0 unspecified atom stereocenters. The summed E-state index contributed by atoms with van der Waals surface area (Å²) in [6.07, 6.45) is 2.00. The van der Waals surface area contributed by atoms with Crippen LogP contribution in [0.15, 0.2) is 23.4 Å². The summed E-state index contributed by atoms with van der Waals surface area (Å²) in [6.45, 7) is 0.0976. The first-order chi connectivity index (χ1) is 6.56. The molecule has 0 aliphatic carbocycles. The number of hydrogen-bond donors (Lipinski definition) is 1. The molecule has 0 bridgehead atoms. The van der Waals surface area contributed by atoms with Crippen LogP contribution in [-0.2, 0) is 10.0 Å². The summed E-state index contributed by atoms with van der Waals surface area (Å²) in [7, 11) is -3.68. The van der Waals surface area contributed by atoms with E-state index < -0.39 is 15.8 Å². The number of nitrogens with zero attached hydrogens (tertiary/aromatic N) is 1. The standard InChI is InChI=1S/C7H8ClFN2O2S/c8-1-2-11-14(12,13)7-3-6(9)4-10-5-7/h3-5,11H,1-2H2. The fraction of sp³-hybridized carbons (Fsp3) is 0.286. The fourth-order valence-corrected chi connectivity index (χ4v) is 2.01. The van der Waals surface area contributed by atoms with Gasteiger partial charge in [-0.05, 0) is 6.07 Å². The molecule has 7 heteroatoms. The van der Waals surface area contributed by atoms with Gasteiger partial charge in [0.15, 0.2) is 0 Å². The van der Waals surface area contributed by atoms with Gasteiger partial charge in [-0.3, -0.25) is 4.98 Å². The molecule has 4 nitrogen and oxygen atoms in total. The Balaban J connectivity index is 2.93. The van der Waals surface area contributed by atoms with Crippen LogP contribution in [0, 0.1) is 5.82 Å². The highest BCUT2D eigenvalue weighted by Crippen LogP contribution is 2.07. The molecule has 1 aromatic heterocycles. The smallest absolute Gasteiger partial charge is 0.242 e. The van der Waals surface area contributed by atoms with Gasteiger partial charge in [0.1, 0.15) is 10.7 Å².